The molecule has 0 radical (unpaired) electrons. The molecule has 1 aromatic carbocycles. The number of nitrogens with one attached hydrogen (secondary N) is 2. The molecule has 0 saturated heterocycles. The number of alkyl carbamates (subject to hydrolysis) is 1. The van der Waals surface area contributed by atoms with E-state index in [1.54, 1.807) is 45.0 Å². The van der Waals surface area contributed by atoms with Gasteiger partial charge in [-0.15, -0.1) is 0 Å². The number of esters is 3. The first-order valence-electron chi connectivity index (χ1n) is 13.6. The average Bonchev–Trinajstić information content (AvgIpc) is 3.57. The van der Waals surface area contributed by atoms with Crippen LogP contribution in [-0.4, -0.2) is 59.7 Å². The van der Waals surface area contributed by atoms with Gasteiger partial charge in [0.25, 0.3) is 5.91 Å². The number of rotatable bonds is 10. The van der Waals surface area contributed by atoms with Crippen LogP contribution < -0.4 is 10.6 Å². The van der Waals surface area contributed by atoms with Crippen molar-refractivity contribution in [3.05, 3.63) is 70.6 Å². The van der Waals surface area contributed by atoms with E-state index in [1.165, 1.54) is 27.7 Å². The highest BCUT2D eigenvalue weighted by molar-refractivity contribution is 5.98. The lowest BCUT2D eigenvalue weighted by atomic mass is 10.0. The Hall–Kier alpha value is -5.21. The second-order valence-corrected chi connectivity index (χ2v) is 11.2. The SMILES string of the molecule is COC(=O)[C@](C)(NC(=O)OC(C)(C)C)c1nc(C(=O)N[C@@](C)(C(=O)OC)c2nc(C(=O)OCc3ccccc3)c(C)o2)c(C)o1. The summed E-state index contributed by atoms with van der Waals surface area (Å²) in [6.07, 6.45) is -0.979. The van der Waals surface area contributed by atoms with Gasteiger partial charge in [-0.2, -0.15) is 0 Å². The zero-order valence-electron chi connectivity index (χ0n) is 26.5. The van der Waals surface area contributed by atoms with Crippen molar-refractivity contribution in [1.82, 2.24) is 20.6 Å². The van der Waals surface area contributed by atoms with E-state index in [9.17, 15) is 24.0 Å². The highest BCUT2D eigenvalue weighted by Crippen LogP contribution is 2.28. The van der Waals surface area contributed by atoms with Crippen molar-refractivity contribution < 1.29 is 51.8 Å². The zero-order valence-corrected chi connectivity index (χ0v) is 26.5. The Morgan fingerprint density at radius 3 is 1.76 bits per heavy atom. The number of methoxy groups -OCH3 is 2. The van der Waals surface area contributed by atoms with Gasteiger partial charge in [0.1, 0.15) is 23.7 Å². The molecule has 3 aromatic rings. The fraction of sp³-hybridized carbons (Fsp3) is 0.433. The smallest absolute Gasteiger partial charge is 0.408 e. The van der Waals surface area contributed by atoms with Crippen LogP contribution in [0.1, 0.15) is 84.5 Å². The number of carbonyl (C=O) groups excluding carboxylic acids is 5. The molecule has 0 spiro atoms. The summed E-state index contributed by atoms with van der Waals surface area (Å²) in [5.74, 6) is -4.58. The average molecular weight is 629 g/mol. The Bertz CT molecular complexity index is 1590. The Kier molecular flexibility index (Phi) is 10.1. The molecule has 2 heterocycles. The largest absolute Gasteiger partial charge is 0.467 e. The molecule has 0 fully saturated rings. The Morgan fingerprint density at radius 2 is 1.24 bits per heavy atom. The lowest BCUT2D eigenvalue weighted by molar-refractivity contribution is -0.149. The minimum Gasteiger partial charge on any atom is -0.467 e. The van der Waals surface area contributed by atoms with E-state index in [1.807, 2.05) is 6.07 Å². The molecular weight excluding hydrogens is 592 g/mol. The first-order valence-corrected chi connectivity index (χ1v) is 13.6. The summed E-state index contributed by atoms with van der Waals surface area (Å²) in [4.78, 5) is 72.9. The van der Waals surface area contributed by atoms with Crippen LogP contribution in [0.4, 0.5) is 4.79 Å². The molecule has 2 atom stereocenters. The Morgan fingerprint density at radius 1 is 0.756 bits per heavy atom. The number of oxazole rings is 2. The quantitative estimate of drug-likeness (QED) is 0.245. The van der Waals surface area contributed by atoms with Crippen LogP contribution in [0.25, 0.3) is 0 Å². The second kappa shape index (κ2) is 13.2. The van der Waals surface area contributed by atoms with Crippen molar-refractivity contribution in [2.24, 2.45) is 0 Å². The maximum absolute atomic E-state index is 13.5. The molecule has 0 aliphatic rings. The van der Waals surface area contributed by atoms with Gasteiger partial charge in [0.15, 0.2) is 11.4 Å². The number of hydrogen-bond acceptors (Lipinski definition) is 13. The molecule has 15 nitrogen and oxygen atoms in total. The van der Waals surface area contributed by atoms with Gasteiger partial charge in [-0.1, -0.05) is 30.3 Å². The number of aromatic nitrogens is 2. The van der Waals surface area contributed by atoms with Crippen LogP contribution in [-0.2, 0) is 46.2 Å². The normalized spacial score (nSPS) is 13.9. The van der Waals surface area contributed by atoms with Gasteiger partial charge in [-0.05, 0) is 54.0 Å². The monoisotopic (exact) mass is 628 g/mol. The lowest BCUT2D eigenvalue weighted by Gasteiger charge is -2.27. The molecule has 242 valence electrons. The number of hydrogen-bond donors (Lipinski definition) is 2. The van der Waals surface area contributed by atoms with Crippen molar-refractivity contribution in [3.63, 3.8) is 0 Å². The lowest BCUT2D eigenvalue weighted by Crippen LogP contribution is -2.52. The summed E-state index contributed by atoms with van der Waals surface area (Å²) in [6, 6.07) is 8.95. The van der Waals surface area contributed by atoms with Gasteiger partial charge in [-0.3, -0.25) is 10.1 Å². The summed E-state index contributed by atoms with van der Waals surface area (Å²) in [5, 5.41) is 4.83. The highest BCUT2D eigenvalue weighted by atomic mass is 16.6. The molecule has 0 saturated carbocycles. The molecule has 0 bridgehead atoms. The highest BCUT2D eigenvalue weighted by Gasteiger charge is 2.47. The molecule has 2 amide bonds. The van der Waals surface area contributed by atoms with E-state index < -0.39 is 52.5 Å². The van der Waals surface area contributed by atoms with E-state index in [2.05, 4.69) is 20.6 Å². The van der Waals surface area contributed by atoms with Gasteiger partial charge < -0.3 is 33.1 Å². The first kappa shape index (κ1) is 34.3. The maximum Gasteiger partial charge on any atom is 0.408 e. The van der Waals surface area contributed by atoms with Crippen LogP contribution in [0.2, 0.25) is 0 Å². The molecule has 2 N–H and O–H groups in total. The van der Waals surface area contributed by atoms with Crippen LogP contribution in [0.15, 0.2) is 39.2 Å². The van der Waals surface area contributed by atoms with Crippen molar-refractivity contribution in [2.45, 2.75) is 71.8 Å². The summed E-state index contributed by atoms with van der Waals surface area (Å²) < 4.78 is 31.6. The van der Waals surface area contributed by atoms with Gasteiger partial charge in [0.05, 0.1) is 14.2 Å². The van der Waals surface area contributed by atoms with E-state index >= 15 is 0 Å². The summed E-state index contributed by atoms with van der Waals surface area (Å²) in [5.41, 5.74) is -4.81. The third kappa shape index (κ3) is 7.66. The van der Waals surface area contributed by atoms with E-state index in [0.717, 1.165) is 19.8 Å². The Labute approximate surface area is 259 Å². The van der Waals surface area contributed by atoms with E-state index in [0.29, 0.717) is 0 Å². The maximum atomic E-state index is 13.5. The van der Waals surface area contributed by atoms with Crippen LogP contribution in [0.5, 0.6) is 0 Å². The molecule has 0 aliphatic carbocycles. The van der Waals surface area contributed by atoms with Crippen LogP contribution in [0.3, 0.4) is 0 Å². The third-order valence-corrected chi connectivity index (χ3v) is 6.37. The molecule has 3 rings (SSSR count). The fourth-order valence-corrected chi connectivity index (χ4v) is 4.00. The summed E-state index contributed by atoms with van der Waals surface area (Å²) >= 11 is 0. The van der Waals surface area contributed by atoms with Gasteiger partial charge in [-0.25, -0.2) is 29.1 Å². The minimum atomic E-state index is -2.07. The van der Waals surface area contributed by atoms with Gasteiger partial charge in [0, 0.05) is 0 Å². The van der Waals surface area contributed by atoms with Crippen molar-refractivity contribution in [2.75, 3.05) is 14.2 Å². The molecule has 2 aromatic heterocycles. The standard InChI is InChI=1S/C30H36N4O11/c1-16-19(31-24(43-16)30(7,26(38)41-9)34-27(39)45-28(3,4)5)21(35)33-29(6,25(37)40-8)23-32-20(17(2)44-23)22(36)42-15-18-13-11-10-12-14-18/h10-14H,15H2,1-9H3,(H,33,35)(H,34,39)/t29-,30-/m1/s1. The fourth-order valence-electron chi connectivity index (χ4n) is 4.00. The van der Waals surface area contributed by atoms with E-state index in [-0.39, 0.29) is 35.4 Å². The van der Waals surface area contributed by atoms with E-state index in [4.69, 9.17) is 27.8 Å². The van der Waals surface area contributed by atoms with Crippen LogP contribution in [0, 0.1) is 13.8 Å². The topological polar surface area (TPSA) is 198 Å². The molecule has 45 heavy (non-hydrogen) atoms. The number of ether oxygens (including phenoxy) is 4. The predicted molar refractivity (Wildman–Crippen MR) is 154 cm³/mol. The third-order valence-electron chi connectivity index (χ3n) is 6.37. The zero-order chi connectivity index (χ0) is 33.7. The first-order chi connectivity index (χ1) is 20.9. The number of nitrogens with zero attached hydrogens (tertiary/aromatic N) is 2. The van der Waals surface area contributed by atoms with Gasteiger partial charge >= 0.3 is 24.0 Å². The predicted octanol–water partition coefficient (Wildman–Crippen LogP) is 3.37. The minimum absolute atomic E-state index is 0.0226. The molecular formula is C30H36N4O11. The summed E-state index contributed by atoms with van der Waals surface area (Å²) in [6.45, 7) is 10.2. The Balaban J connectivity index is 1.92. The van der Waals surface area contributed by atoms with Crippen LogP contribution >= 0.6 is 0 Å². The molecule has 0 unspecified atom stereocenters. The molecule has 0 aliphatic heterocycles. The number of amides is 2. The van der Waals surface area contributed by atoms with Crippen molar-refractivity contribution in [3.8, 4) is 0 Å². The number of carbonyl (C=O) groups is 5. The van der Waals surface area contributed by atoms with Crippen molar-refractivity contribution >= 4 is 29.9 Å². The van der Waals surface area contributed by atoms with Crippen molar-refractivity contribution in [1.29, 1.82) is 0 Å². The number of aryl methyl sites for hydroxylation is 2. The molecule has 15 heteroatoms. The van der Waals surface area contributed by atoms with Gasteiger partial charge in [0.2, 0.25) is 22.9 Å². The number of benzene rings is 1. The second-order valence-electron chi connectivity index (χ2n) is 11.2. The summed E-state index contributed by atoms with van der Waals surface area (Å²) in [7, 11) is 2.17.